The van der Waals surface area contributed by atoms with Crippen molar-refractivity contribution in [2.75, 3.05) is 30.1 Å². The highest BCUT2D eigenvalue weighted by molar-refractivity contribution is 6.07. The Balaban J connectivity index is 1.44. The van der Waals surface area contributed by atoms with E-state index < -0.39 is 12.0 Å². The lowest BCUT2D eigenvalue weighted by Crippen LogP contribution is -2.34. The van der Waals surface area contributed by atoms with Gasteiger partial charge in [-0.3, -0.25) is 19.3 Å². The summed E-state index contributed by atoms with van der Waals surface area (Å²) in [6.45, 7) is 4.14. The number of anilines is 2. The number of nitrogens with one attached hydrogen (secondary N) is 1. The Hall–Kier alpha value is -5.30. The predicted molar refractivity (Wildman–Crippen MR) is 172 cm³/mol. The number of amidine groups is 1. The van der Waals surface area contributed by atoms with E-state index in [1.807, 2.05) is 36.7 Å². The van der Waals surface area contributed by atoms with Crippen molar-refractivity contribution >= 4 is 46.2 Å². The Kier molecular flexibility index (Phi) is 11.2. The van der Waals surface area contributed by atoms with Gasteiger partial charge in [-0.15, -0.1) is 0 Å². The van der Waals surface area contributed by atoms with E-state index in [-0.39, 0.29) is 37.4 Å². The zero-order chi connectivity index (χ0) is 32.3. The minimum atomic E-state index is -0.728. The molecule has 4 rings (SSSR count). The summed E-state index contributed by atoms with van der Waals surface area (Å²) in [5, 5.41) is 3.34. The fourth-order valence-electron chi connectivity index (χ4n) is 4.35. The number of pyridine rings is 1. The number of esters is 2. The number of carbonyl (C=O) groups excluding carboxylic acids is 3. The molecule has 1 unspecified atom stereocenters. The number of hydrogen-bond donors (Lipinski definition) is 3. The number of imidazole rings is 1. The molecule has 2 aromatic heterocycles. The van der Waals surface area contributed by atoms with Gasteiger partial charge >= 0.3 is 11.9 Å². The molecular formula is C32H38N8O5. The van der Waals surface area contributed by atoms with E-state index in [1.54, 1.807) is 48.7 Å². The van der Waals surface area contributed by atoms with Crippen LogP contribution in [0, 0.1) is 0 Å². The van der Waals surface area contributed by atoms with Crippen molar-refractivity contribution in [1.82, 2.24) is 14.5 Å². The van der Waals surface area contributed by atoms with Gasteiger partial charge in [-0.2, -0.15) is 0 Å². The molecular weight excluding hydrogens is 576 g/mol. The van der Waals surface area contributed by atoms with E-state index in [0.717, 1.165) is 23.4 Å². The lowest BCUT2D eigenvalue weighted by molar-refractivity contribution is -0.144. The van der Waals surface area contributed by atoms with Crippen LogP contribution in [0.1, 0.15) is 48.4 Å². The number of nitrogens with zero attached hydrogens (tertiary/aromatic N) is 5. The molecule has 0 spiro atoms. The summed E-state index contributed by atoms with van der Waals surface area (Å²) in [4.78, 5) is 51.9. The number of aliphatic imine (C=N–C) groups is 1. The number of rotatable bonds is 14. The van der Waals surface area contributed by atoms with Crippen molar-refractivity contribution in [3.05, 3.63) is 83.8 Å². The van der Waals surface area contributed by atoms with Gasteiger partial charge in [0.05, 0.1) is 30.6 Å². The minimum absolute atomic E-state index is 0.0495. The minimum Gasteiger partial charge on any atom is -0.466 e. The van der Waals surface area contributed by atoms with Crippen molar-refractivity contribution in [2.24, 2.45) is 23.5 Å². The molecule has 2 aromatic carbocycles. The molecule has 5 N–H and O–H groups in total. The average Bonchev–Trinajstić information content (AvgIpc) is 3.37. The van der Waals surface area contributed by atoms with E-state index in [9.17, 15) is 14.4 Å². The summed E-state index contributed by atoms with van der Waals surface area (Å²) in [5.41, 5.74) is 14.9. The van der Waals surface area contributed by atoms with E-state index in [0.29, 0.717) is 35.6 Å². The maximum Gasteiger partial charge on any atom is 0.324 e. The molecule has 13 nitrogen and oxygen atoms in total. The largest absolute Gasteiger partial charge is 0.466 e. The first-order valence-electron chi connectivity index (χ1n) is 14.6. The Morgan fingerprint density at radius 1 is 1.07 bits per heavy atom. The van der Waals surface area contributed by atoms with Crippen LogP contribution in [0.3, 0.4) is 0 Å². The summed E-state index contributed by atoms with van der Waals surface area (Å²) < 4.78 is 12.1. The predicted octanol–water partition coefficient (Wildman–Crippen LogP) is 3.12. The summed E-state index contributed by atoms with van der Waals surface area (Å²) in [5.74, 6) is 0.228. The highest BCUT2D eigenvalue weighted by Crippen LogP contribution is 2.21. The van der Waals surface area contributed by atoms with Crippen molar-refractivity contribution in [1.29, 1.82) is 0 Å². The van der Waals surface area contributed by atoms with E-state index in [2.05, 4.69) is 15.3 Å². The first-order valence-corrected chi connectivity index (χ1v) is 14.6. The molecule has 0 fully saturated rings. The molecule has 45 heavy (non-hydrogen) atoms. The number of nitrogens with two attached hydrogens (primary N) is 2. The second kappa shape index (κ2) is 15.4. The normalized spacial score (nSPS) is 12.0. The van der Waals surface area contributed by atoms with Gasteiger partial charge in [-0.25, -0.2) is 15.0 Å². The van der Waals surface area contributed by atoms with Crippen LogP contribution < -0.4 is 21.7 Å². The smallest absolute Gasteiger partial charge is 0.324 e. The van der Waals surface area contributed by atoms with Crippen LogP contribution in [0.15, 0.2) is 71.9 Å². The number of benzene rings is 2. The molecule has 4 aromatic rings. The van der Waals surface area contributed by atoms with Gasteiger partial charge in [0.15, 0.2) is 6.73 Å². The Bertz CT molecular complexity index is 1650. The molecule has 13 heteroatoms. The van der Waals surface area contributed by atoms with E-state index >= 15 is 0 Å². The fourth-order valence-corrected chi connectivity index (χ4v) is 4.35. The molecule has 0 bridgehead atoms. The Morgan fingerprint density at radius 3 is 2.51 bits per heavy atom. The third kappa shape index (κ3) is 8.63. The number of carbonyl (C=O) groups is 3. The molecule has 0 aliphatic heterocycles. The van der Waals surface area contributed by atoms with Gasteiger partial charge in [0, 0.05) is 36.6 Å². The first kappa shape index (κ1) is 32.6. The summed E-state index contributed by atoms with van der Waals surface area (Å²) in [7, 11) is 1.91. The van der Waals surface area contributed by atoms with Crippen molar-refractivity contribution in [2.45, 2.75) is 39.3 Å². The van der Waals surface area contributed by atoms with Gasteiger partial charge in [-0.1, -0.05) is 13.0 Å². The fraction of sp³-hybridized carbons (Fsp3) is 0.312. The number of amides is 1. The topological polar surface area (TPSA) is 180 Å². The summed E-state index contributed by atoms with van der Waals surface area (Å²) in [6.07, 6.45) is 2.38. The summed E-state index contributed by atoms with van der Waals surface area (Å²) in [6, 6.07) is 17.2. The van der Waals surface area contributed by atoms with Gasteiger partial charge < -0.3 is 30.8 Å². The van der Waals surface area contributed by atoms with Crippen molar-refractivity contribution in [3.8, 4) is 0 Å². The third-order valence-electron chi connectivity index (χ3n) is 6.84. The maximum atomic E-state index is 13.7. The van der Waals surface area contributed by atoms with Gasteiger partial charge in [0.25, 0.3) is 5.91 Å². The van der Waals surface area contributed by atoms with Crippen LogP contribution in [0.4, 0.5) is 11.5 Å². The Morgan fingerprint density at radius 2 is 1.82 bits per heavy atom. The third-order valence-corrected chi connectivity index (χ3v) is 6.84. The molecule has 0 saturated carbocycles. The van der Waals surface area contributed by atoms with Crippen LogP contribution in [0.25, 0.3) is 11.0 Å². The molecule has 0 aliphatic carbocycles. The second-order valence-corrected chi connectivity index (χ2v) is 10.3. The van der Waals surface area contributed by atoms with Gasteiger partial charge in [-0.05, 0) is 67.9 Å². The van der Waals surface area contributed by atoms with Crippen LogP contribution in [0.5, 0.6) is 0 Å². The SMILES string of the molecule is CCCOC(=O)CCN(C(=O)c1ccc2c(c1)nc(CNc1ccc(/C(N)=N/COC(=O)C(C)N)cc1)n2C)c1ccccn1. The van der Waals surface area contributed by atoms with Crippen LogP contribution in [-0.2, 0) is 32.7 Å². The average molecular weight is 615 g/mol. The number of aromatic nitrogens is 3. The second-order valence-electron chi connectivity index (χ2n) is 10.3. The molecule has 0 aliphatic rings. The highest BCUT2D eigenvalue weighted by Gasteiger charge is 2.21. The van der Waals surface area contributed by atoms with Gasteiger partial charge in [0.2, 0.25) is 0 Å². The highest BCUT2D eigenvalue weighted by atomic mass is 16.5. The van der Waals surface area contributed by atoms with Gasteiger partial charge in [0.1, 0.15) is 23.5 Å². The molecule has 1 amide bonds. The molecule has 0 radical (unpaired) electrons. The zero-order valence-electron chi connectivity index (χ0n) is 25.6. The standard InChI is InChI=1S/C32H38N8O5/c1-4-17-44-29(41)14-16-40(27-7-5-6-15-35-27)31(42)23-10-13-26-25(18-23)38-28(39(26)3)19-36-24-11-8-22(9-12-24)30(34)37-20-45-32(43)21(2)33/h5-13,15,18,21,36H,4,14,16-17,19-20,33H2,1-3H3,(H2,34,37). The monoisotopic (exact) mass is 614 g/mol. The molecule has 2 heterocycles. The van der Waals surface area contributed by atoms with E-state index in [4.69, 9.17) is 25.9 Å². The lowest BCUT2D eigenvalue weighted by Gasteiger charge is -2.21. The zero-order valence-corrected chi connectivity index (χ0v) is 25.6. The van der Waals surface area contributed by atoms with Crippen LogP contribution >= 0.6 is 0 Å². The first-order chi connectivity index (χ1) is 21.7. The quantitative estimate of drug-likeness (QED) is 0.108. The number of hydrogen-bond acceptors (Lipinski definition) is 10. The number of ether oxygens (including phenoxy) is 2. The Labute approximate surface area is 261 Å². The van der Waals surface area contributed by atoms with Crippen LogP contribution in [-0.4, -0.2) is 64.1 Å². The number of aryl methyl sites for hydroxylation is 1. The van der Waals surface area contributed by atoms with E-state index in [1.165, 1.54) is 11.8 Å². The van der Waals surface area contributed by atoms with Crippen molar-refractivity contribution in [3.63, 3.8) is 0 Å². The molecule has 0 saturated heterocycles. The number of fused-ring (bicyclic) bond motifs is 1. The van der Waals surface area contributed by atoms with Crippen molar-refractivity contribution < 1.29 is 23.9 Å². The molecule has 1 atom stereocenters. The molecule has 236 valence electrons. The maximum absolute atomic E-state index is 13.7. The van der Waals surface area contributed by atoms with Crippen LogP contribution in [0.2, 0.25) is 0 Å². The lowest BCUT2D eigenvalue weighted by atomic mass is 10.1. The summed E-state index contributed by atoms with van der Waals surface area (Å²) >= 11 is 0.